The Morgan fingerprint density at radius 1 is 1.05 bits per heavy atom. The van der Waals surface area contributed by atoms with E-state index in [4.69, 9.17) is 18.9 Å². The van der Waals surface area contributed by atoms with Crippen LogP contribution in [-0.2, 0) is 24.5 Å². The van der Waals surface area contributed by atoms with E-state index in [0.29, 0.717) is 18.6 Å². The van der Waals surface area contributed by atoms with Crippen LogP contribution < -0.4 is 9.47 Å². The first-order chi connectivity index (χ1) is 17.7. The SMILES string of the molecule is CCCCCCC(C)(C)c1cc(OC(=O)C2(C)COC(C)(C)OC2)c2c(c1)OC(C)(C)[C@@H]1CCC(=O)C[C@@H]21. The zero-order chi connectivity index (χ0) is 27.9. The van der Waals surface area contributed by atoms with Crippen LogP contribution in [0.3, 0.4) is 0 Å². The van der Waals surface area contributed by atoms with E-state index in [0.717, 1.165) is 36.1 Å². The smallest absolute Gasteiger partial charge is 0.321 e. The minimum atomic E-state index is -0.926. The van der Waals surface area contributed by atoms with Gasteiger partial charge in [-0.15, -0.1) is 0 Å². The van der Waals surface area contributed by atoms with Crippen LogP contribution in [0.25, 0.3) is 0 Å². The number of ether oxygens (including phenoxy) is 4. The van der Waals surface area contributed by atoms with Gasteiger partial charge in [-0.05, 0) is 70.6 Å². The molecule has 1 saturated heterocycles. The van der Waals surface area contributed by atoms with E-state index in [2.05, 4.69) is 40.7 Å². The predicted molar refractivity (Wildman–Crippen MR) is 148 cm³/mol. The van der Waals surface area contributed by atoms with Crippen molar-refractivity contribution in [2.75, 3.05) is 13.2 Å². The van der Waals surface area contributed by atoms with Crippen molar-refractivity contribution in [3.63, 3.8) is 0 Å². The number of fused-ring (bicyclic) bond motifs is 3. The van der Waals surface area contributed by atoms with Crippen molar-refractivity contribution in [2.45, 2.75) is 129 Å². The van der Waals surface area contributed by atoms with E-state index >= 15 is 0 Å². The Morgan fingerprint density at radius 3 is 2.39 bits per heavy atom. The molecule has 2 aliphatic heterocycles. The fraction of sp³-hybridized carbons (Fsp3) is 0.750. The first-order valence-electron chi connectivity index (χ1n) is 14.6. The molecule has 0 N–H and O–H groups in total. The summed E-state index contributed by atoms with van der Waals surface area (Å²) in [5.41, 5.74) is 0.496. The topological polar surface area (TPSA) is 71.1 Å². The lowest BCUT2D eigenvalue weighted by atomic mass is 9.66. The van der Waals surface area contributed by atoms with Crippen LogP contribution in [0.2, 0.25) is 0 Å². The Morgan fingerprint density at radius 2 is 1.74 bits per heavy atom. The number of benzene rings is 1. The molecule has 1 saturated carbocycles. The Bertz CT molecular complexity index is 1040. The lowest BCUT2D eigenvalue weighted by molar-refractivity contribution is -0.279. The van der Waals surface area contributed by atoms with Crippen LogP contribution in [0.1, 0.15) is 124 Å². The van der Waals surface area contributed by atoms with E-state index in [1.165, 1.54) is 19.3 Å². The summed E-state index contributed by atoms with van der Waals surface area (Å²) in [6, 6.07) is 4.17. The normalized spacial score (nSPS) is 25.6. The van der Waals surface area contributed by atoms with E-state index in [-0.39, 0.29) is 42.2 Å². The molecule has 1 aromatic carbocycles. The molecule has 0 spiro atoms. The zero-order valence-electron chi connectivity index (χ0n) is 24.8. The van der Waals surface area contributed by atoms with Crippen molar-refractivity contribution < 1.29 is 28.5 Å². The third-order valence-electron chi connectivity index (χ3n) is 9.02. The summed E-state index contributed by atoms with van der Waals surface area (Å²) in [5, 5.41) is 0. The molecule has 3 aliphatic rings. The largest absolute Gasteiger partial charge is 0.487 e. The van der Waals surface area contributed by atoms with Gasteiger partial charge in [-0.2, -0.15) is 0 Å². The lowest BCUT2D eigenvalue weighted by Crippen LogP contribution is -2.50. The van der Waals surface area contributed by atoms with Gasteiger partial charge >= 0.3 is 5.97 Å². The molecule has 4 rings (SSSR count). The van der Waals surface area contributed by atoms with Gasteiger partial charge in [0.2, 0.25) is 0 Å². The Hall–Kier alpha value is -1.92. The number of hydrogen-bond acceptors (Lipinski definition) is 6. The third kappa shape index (κ3) is 5.96. The highest BCUT2D eigenvalue weighted by molar-refractivity contribution is 5.82. The van der Waals surface area contributed by atoms with Crippen molar-refractivity contribution >= 4 is 11.8 Å². The van der Waals surface area contributed by atoms with Crippen LogP contribution in [-0.4, -0.2) is 36.4 Å². The van der Waals surface area contributed by atoms with Gasteiger partial charge in [0.05, 0.1) is 13.2 Å². The second kappa shape index (κ2) is 10.6. The molecular formula is C32H48O6. The number of rotatable bonds is 8. The van der Waals surface area contributed by atoms with Gasteiger partial charge < -0.3 is 18.9 Å². The first kappa shape index (κ1) is 29.1. The summed E-state index contributed by atoms with van der Waals surface area (Å²) in [5.74, 6) is 0.564. The highest BCUT2D eigenvalue weighted by Gasteiger charge is 2.49. The van der Waals surface area contributed by atoms with Crippen molar-refractivity contribution in [3.8, 4) is 11.5 Å². The van der Waals surface area contributed by atoms with Gasteiger partial charge in [0.25, 0.3) is 0 Å². The fourth-order valence-corrected chi connectivity index (χ4v) is 6.26. The van der Waals surface area contributed by atoms with Gasteiger partial charge in [0.15, 0.2) is 5.79 Å². The monoisotopic (exact) mass is 528 g/mol. The Labute approximate surface area is 229 Å². The Balaban J connectivity index is 1.73. The number of esters is 1. The maximum Gasteiger partial charge on any atom is 0.321 e. The molecule has 1 aliphatic carbocycles. The van der Waals surface area contributed by atoms with Gasteiger partial charge in [0.1, 0.15) is 28.3 Å². The highest BCUT2D eigenvalue weighted by Crippen LogP contribution is 2.55. The maximum atomic E-state index is 13.7. The lowest BCUT2D eigenvalue weighted by Gasteiger charge is -2.48. The average molecular weight is 529 g/mol. The maximum absolute atomic E-state index is 13.7. The molecular weight excluding hydrogens is 480 g/mol. The zero-order valence-corrected chi connectivity index (χ0v) is 24.8. The molecule has 212 valence electrons. The summed E-state index contributed by atoms with van der Waals surface area (Å²) in [7, 11) is 0. The standard InChI is InChI=1S/C32H48O6/c1-9-10-11-12-15-29(2,3)21-16-25(37-28(34)32(8)19-35-31(6,7)36-20-32)27-23-18-22(33)13-14-24(23)30(4,5)38-26(27)17-21/h16-17,23-24H,9-15,18-20H2,1-8H3/t23-,24-/m1/s1. The van der Waals surface area contributed by atoms with Gasteiger partial charge in [0, 0.05) is 30.2 Å². The number of ketones is 1. The molecule has 2 atom stereocenters. The molecule has 0 unspecified atom stereocenters. The summed E-state index contributed by atoms with van der Waals surface area (Å²) >= 11 is 0. The molecule has 1 aromatic rings. The molecule has 0 amide bonds. The summed E-state index contributed by atoms with van der Waals surface area (Å²) < 4.78 is 24.6. The van der Waals surface area contributed by atoms with Gasteiger partial charge in [-0.1, -0.05) is 46.5 Å². The van der Waals surface area contributed by atoms with Gasteiger partial charge in [-0.25, -0.2) is 0 Å². The molecule has 0 bridgehead atoms. The van der Waals surface area contributed by atoms with E-state index in [1.54, 1.807) is 0 Å². The second-order valence-electron chi connectivity index (χ2n) is 13.7. The summed E-state index contributed by atoms with van der Waals surface area (Å²) in [4.78, 5) is 26.3. The van der Waals surface area contributed by atoms with Crippen LogP contribution in [0.4, 0.5) is 0 Å². The van der Waals surface area contributed by atoms with Crippen LogP contribution in [0, 0.1) is 11.3 Å². The van der Waals surface area contributed by atoms with Crippen molar-refractivity contribution in [2.24, 2.45) is 11.3 Å². The Kier molecular flexibility index (Phi) is 8.09. The van der Waals surface area contributed by atoms with E-state index < -0.39 is 16.8 Å². The molecule has 2 heterocycles. The minimum Gasteiger partial charge on any atom is -0.487 e. The second-order valence-corrected chi connectivity index (χ2v) is 13.7. The number of unbranched alkanes of at least 4 members (excludes halogenated alkanes) is 3. The molecule has 38 heavy (non-hydrogen) atoms. The fourth-order valence-electron chi connectivity index (χ4n) is 6.26. The van der Waals surface area contributed by atoms with Crippen LogP contribution >= 0.6 is 0 Å². The van der Waals surface area contributed by atoms with Crippen LogP contribution in [0.5, 0.6) is 11.5 Å². The third-order valence-corrected chi connectivity index (χ3v) is 9.02. The summed E-state index contributed by atoms with van der Waals surface area (Å²) in [6.45, 7) is 16.9. The average Bonchev–Trinajstić information content (AvgIpc) is 2.83. The van der Waals surface area contributed by atoms with Crippen molar-refractivity contribution in [1.29, 1.82) is 0 Å². The molecule has 2 fully saturated rings. The molecule has 0 aromatic heterocycles. The number of Topliss-reactive ketones (excluding diaryl/α,β-unsaturated/α-hetero) is 1. The van der Waals surface area contributed by atoms with E-state index in [1.807, 2.05) is 26.8 Å². The first-order valence-corrected chi connectivity index (χ1v) is 14.6. The number of carbonyl (C=O) groups is 2. The predicted octanol–water partition coefficient (Wildman–Crippen LogP) is 7.25. The van der Waals surface area contributed by atoms with Crippen LogP contribution in [0.15, 0.2) is 12.1 Å². The molecule has 6 heteroatoms. The molecule has 6 nitrogen and oxygen atoms in total. The van der Waals surface area contributed by atoms with Gasteiger partial charge in [-0.3, -0.25) is 9.59 Å². The number of hydrogen-bond donors (Lipinski definition) is 0. The highest BCUT2D eigenvalue weighted by atomic mass is 16.7. The van der Waals surface area contributed by atoms with Crippen molar-refractivity contribution in [3.05, 3.63) is 23.3 Å². The quantitative estimate of drug-likeness (QED) is 0.201. The molecule has 0 radical (unpaired) electrons. The van der Waals surface area contributed by atoms with E-state index in [9.17, 15) is 9.59 Å². The van der Waals surface area contributed by atoms with Crippen molar-refractivity contribution in [1.82, 2.24) is 0 Å². The minimum absolute atomic E-state index is 0.0369. The summed E-state index contributed by atoms with van der Waals surface area (Å²) in [6.07, 6.45) is 7.61. The number of carbonyl (C=O) groups excluding carboxylic acids is 2.